The molecule has 0 spiro atoms. The Kier molecular flexibility index (Phi) is 6.03. The minimum Gasteiger partial charge on any atom is -1.00 e. The van der Waals surface area contributed by atoms with Crippen molar-refractivity contribution >= 4 is 22.6 Å². The van der Waals surface area contributed by atoms with Gasteiger partial charge in [0.1, 0.15) is 5.69 Å². The lowest BCUT2D eigenvalue weighted by Gasteiger charge is -2.25. The fourth-order valence-electron chi connectivity index (χ4n) is 3.64. The third kappa shape index (κ3) is 3.44. The number of aliphatic hydroxyl groups is 1. The molecule has 0 radical (unpaired) electrons. The maximum absolute atomic E-state index is 11.7. The second-order valence-corrected chi connectivity index (χ2v) is 7.51. The van der Waals surface area contributed by atoms with E-state index >= 15 is 0 Å². The minimum atomic E-state index is -1.10. The van der Waals surface area contributed by atoms with Crippen LogP contribution < -0.4 is 31.4 Å². The van der Waals surface area contributed by atoms with Crippen molar-refractivity contribution in [3.8, 4) is 11.5 Å². The number of benzene rings is 2. The molecule has 2 aliphatic heterocycles. The van der Waals surface area contributed by atoms with Crippen LogP contribution in [0.4, 0.5) is 5.69 Å². The molecule has 1 N–H and O–H groups in total. The summed E-state index contributed by atoms with van der Waals surface area (Å²) in [5.74, 6) is 2.36. The highest BCUT2D eigenvalue weighted by Crippen LogP contribution is 2.40. The molecule has 0 saturated carbocycles. The molecular weight excluding hydrogens is 428 g/mol. The van der Waals surface area contributed by atoms with Gasteiger partial charge in [-0.15, -0.1) is 0 Å². The molecular formula is C20H23BrN2O3S. The van der Waals surface area contributed by atoms with E-state index in [9.17, 15) is 5.11 Å². The Bertz CT molecular complexity index is 846. The van der Waals surface area contributed by atoms with Gasteiger partial charge in [0.25, 0.3) is 5.72 Å². The monoisotopic (exact) mass is 450 g/mol. The molecule has 0 saturated heterocycles. The topological polar surface area (TPSA) is 44.9 Å². The van der Waals surface area contributed by atoms with Gasteiger partial charge >= 0.3 is 5.17 Å². The Balaban J connectivity index is 0.00000210. The van der Waals surface area contributed by atoms with E-state index in [0.717, 1.165) is 35.1 Å². The van der Waals surface area contributed by atoms with Crippen LogP contribution in [0.25, 0.3) is 0 Å². The molecule has 27 heavy (non-hydrogen) atoms. The van der Waals surface area contributed by atoms with Crippen LogP contribution in [0.3, 0.4) is 0 Å². The Morgan fingerprint density at radius 2 is 1.81 bits per heavy atom. The quantitative estimate of drug-likeness (QED) is 0.657. The van der Waals surface area contributed by atoms with E-state index in [-0.39, 0.29) is 17.0 Å². The van der Waals surface area contributed by atoms with Crippen LogP contribution in [0.2, 0.25) is 0 Å². The fraction of sp³-hybridized carbons (Fsp3) is 0.350. The summed E-state index contributed by atoms with van der Waals surface area (Å²) in [6.45, 7) is 1.31. The summed E-state index contributed by atoms with van der Waals surface area (Å²) in [6.07, 6.45) is 1.05. The molecule has 4 rings (SSSR count). The van der Waals surface area contributed by atoms with E-state index in [4.69, 9.17) is 9.47 Å². The number of methoxy groups -OCH3 is 2. The normalized spacial score (nSPS) is 21.5. The van der Waals surface area contributed by atoms with Crippen molar-refractivity contribution < 1.29 is 36.1 Å². The number of para-hydroxylation sites is 1. The van der Waals surface area contributed by atoms with Crippen molar-refractivity contribution in [1.29, 1.82) is 0 Å². The third-order valence-corrected chi connectivity index (χ3v) is 6.15. The Morgan fingerprint density at radius 1 is 1.07 bits per heavy atom. The molecule has 1 atom stereocenters. The van der Waals surface area contributed by atoms with Gasteiger partial charge in [-0.1, -0.05) is 18.2 Å². The molecule has 7 heteroatoms. The number of β-amino-alcohol motifs (C(OH)–C–C–N with tert-alkyl or cyclic N) is 1. The molecule has 2 aliphatic rings. The number of amidine groups is 1. The van der Waals surface area contributed by atoms with E-state index < -0.39 is 5.72 Å². The van der Waals surface area contributed by atoms with Crippen LogP contribution in [-0.2, 0) is 5.72 Å². The van der Waals surface area contributed by atoms with Crippen LogP contribution in [0.5, 0.6) is 11.5 Å². The number of hydrogen-bond acceptors (Lipinski definition) is 5. The number of hydrogen-bond donors (Lipinski definition) is 1. The number of ether oxygens (including phenoxy) is 2. The minimum absolute atomic E-state index is 0. The highest BCUT2D eigenvalue weighted by Gasteiger charge is 2.53. The average molecular weight is 451 g/mol. The lowest BCUT2D eigenvalue weighted by molar-refractivity contribution is -0.656. The summed E-state index contributed by atoms with van der Waals surface area (Å²) in [5.41, 5.74) is 0.810. The summed E-state index contributed by atoms with van der Waals surface area (Å²) >= 11 is 1.80. The molecule has 2 aromatic rings. The lowest BCUT2D eigenvalue weighted by Crippen LogP contribution is -3.00. The van der Waals surface area contributed by atoms with Crippen molar-refractivity contribution in [3.05, 3.63) is 54.1 Å². The number of nitrogens with zero attached hydrogens (tertiary/aromatic N) is 2. The SMILES string of the molecule is COc1ccc(C2(O)CN(c3ccccc3)C3=[N+]2CCCS3)cc1OC.[Br-]. The molecule has 1 unspecified atom stereocenters. The zero-order valence-electron chi connectivity index (χ0n) is 15.4. The van der Waals surface area contributed by atoms with E-state index in [2.05, 4.69) is 21.6 Å². The van der Waals surface area contributed by atoms with Crippen molar-refractivity contribution in [1.82, 2.24) is 0 Å². The summed E-state index contributed by atoms with van der Waals surface area (Å²) in [5, 5.41) is 12.8. The standard InChI is InChI=1S/C20H23N2O3S.BrH/c1-24-17-10-9-15(13-18(17)25-2)20(23)14-21(16-7-4-3-5-8-16)19-22(20)11-6-12-26-19;/h3-5,7-10,13,23H,6,11-12,14H2,1-2H3;1H/q+1;/p-1. The molecule has 144 valence electrons. The second-order valence-electron chi connectivity index (χ2n) is 6.44. The van der Waals surface area contributed by atoms with E-state index in [0.29, 0.717) is 18.0 Å². The largest absolute Gasteiger partial charge is 1.00 e. The molecule has 0 fully saturated rings. The van der Waals surface area contributed by atoms with Crippen LogP contribution in [0, 0.1) is 0 Å². The van der Waals surface area contributed by atoms with Crippen LogP contribution >= 0.6 is 11.8 Å². The Labute approximate surface area is 174 Å². The predicted octanol–water partition coefficient (Wildman–Crippen LogP) is -0.121. The number of thioether (sulfide) groups is 1. The smallest absolute Gasteiger partial charge is 0.316 e. The van der Waals surface area contributed by atoms with Gasteiger partial charge in [-0.3, -0.25) is 0 Å². The van der Waals surface area contributed by atoms with Crippen molar-refractivity contribution in [2.45, 2.75) is 12.1 Å². The first-order chi connectivity index (χ1) is 12.7. The number of anilines is 1. The maximum atomic E-state index is 11.7. The maximum Gasteiger partial charge on any atom is 0.316 e. The van der Waals surface area contributed by atoms with Crippen molar-refractivity contribution in [2.24, 2.45) is 0 Å². The summed E-state index contributed by atoms with van der Waals surface area (Å²) in [4.78, 5) is 2.21. The molecule has 0 aliphatic carbocycles. The molecule has 0 bridgehead atoms. The average Bonchev–Trinajstić information content (AvgIpc) is 3.02. The summed E-state index contributed by atoms with van der Waals surface area (Å²) in [7, 11) is 3.23. The third-order valence-electron chi connectivity index (χ3n) is 4.96. The van der Waals surface area contributed by atoms with Gasteiger partial charge in [0, 0.05) is 11.3 Å². The van der Waals surface area contributed by atoms with Gasteiger partial charge in [0.2, 0.25) is 0 Å². The fourth-order valence-corrected chi connectivity index (χ4v) is 4.82. The summed E-state index contributed by atoms with van der Waals surface area (Å²) in [6, 6.07) is 15.9. The van der Waals surface area contributed by atoms with Crippen molar-refractivity contribution in [2.75, 3.05) is 38.0 Å². The van der Waals surface area contributed by atoms with Gasteiger partial charge in [-0.2, -0.15) is 0 Å². The predicted molar refractivity (Wildman–Crippen MR) is 104 cm³/mol. The van der Waals surface area contributed by atoms with Gasteiger partial charge in [-0.05, 0) is 48.5 Å². The zero-order valence-corrected chi connectivity index (χ0v) is 17.8. The van der Waals surface area contributed by atoms with Gasteiger partial charge in [0.05, 0.1) is 20.8 Å². The number of rotatable bonds is 4. The van der Waals surface area contributed by atoms with E-state index in [1.807, 2.05) is 36.4 Å². The Hall–Kier alpha value is -1.70. The number of halogens is 1. The zero-order chi connectivity index (χ0) is 18.1. The summed E-state index contributed by atoms with van der Waals surface area (Å²) < 4.78 is 12.9. The first-order valence-corrected chi connectivity index (χ1v) is 9.71. The molecule has 5 nitrogen and oxygen atoms in total. The molecule has 0 aromatic heterocycles. The van der Waals surface area contributed by atoms with Gasteiger partial charge in [0.15, 0.2) is 18.0 Å². The second kappa shape index (κ2) is 8.12. The van der Waals surface area contributed by atoms with E-state index in [1.54, 1.807) is 26.0 Å². The Morgan fingerprint density at radius 3 is 2.52 bits per heavy atom. The molecule has 2 aromatic carbocycles. The molecule has 2 heterocycles. The van der Waals surface area contributed by atoms with Gasteiger partial charge in [-0.25, -0.2) is 9.48 Å². The van der Waals surface area contributed by atoms with Crippen LogP contribution in [0.15, 0.2) is 48.5 Å². The highest BCUT2D eigenvalue weighted by molar-refractivity contribution is 8.13. The first kappa shape index (κ1) is 20.0. The van der Waals surface area contributed by atoms with Crippen LogP contribution in [-0.4, -0.2) is 47.9 Å². The van der Waals surface area contributed by atoms with Crippen LogP contribution in [0.1, 0.15) is 12.0 Å². The van der Waals surface area contributed by atoms with E-state index in [1.165, 1.54) is 0 Å². The first-order valence-electron chi connectivity index (χ1n) is 8.72. The lowest BCUT2D eigenvalue weighted by atomic mass is 10.0. The van der Waals surface area contributed by atoms with Crippen molar-refractivity contribution in [3.63, 3.8) is 0 Å². The van der Waals surface area contributed by atoms with Gasteiger partial charge < -0.3 is 31.6 Å². The highest BCUT2D eigenvalue weighted by atomic mass is 79.9. The molecule has 0 amide bonds.